The van der Waals surface area contributed by atoms with Crippen molar-refractivity contribution in [1.82, 2.24) is 15.5 Å². The first-order valence-corrected chi connectivity index (χ1v) is 8.29. The highest BCUT2D eigenvalue weighted by Gasteiger charge is 2.25. The number of rotatable bonds is 6. The van der Waals surface area contributed by atoms with E-state index in [0.717, 1.165) is 0 Å². The van der Waals surface area contributed by atoms with Gasteiger partial charge in [-0.3, -0.25) is 4.79 Å². The monoisotopic (exact) mass is 343 g/mol. The average molecular weight is 343 g/mol. The minimum absolute atomic E-state index is 0.170. The zero-order valence-electron chi connectivity index (χ0n) is 14.5. The maximum Gasteiger partial charge on any atom is 0.259 e. The number of hydrogen-bond acceptors (Lipinski definition) is 6. The van der Waals surface area contributed by atoms with Crippen LogP contribution in [0.1, 0.15) is 42.7 Å². The summed E-state index contributed by atoms with van der Waals surface area (Å²) in [4.78, 5) is 17.1. The molecule has 0 bridgehead atoms. The van der Waals surface area contributed by atoms with Crippen molar-refractivity contribution in [2.75, 3.05) is 6.54 Å². The molecule has 3 heterocycles. The van der Waals surface area contributed by atoms with Gasteiger partial charge in [-0.05, 0) is 38.0 Å². The highest BCUT2D eigenvalue weighted by molar-refractivity contribution is 6.06. The summed E-state index contributed by atoms with van der Waals surface area (Å²) in [5, 5.41) is 17.7. The predicted molar refractivity (Wildman–Crippen MR) is 92.1 cm³/mol. The van der Waals surface area contributed by atoms with E-state index in [9.17, 15) is 9.90 Å². The molecule has 3 rings (SSSR count). The lowest BCUT2D eigenvalue weighted by Gasteiger charge is -2.25. The Morgan fingerprint density at radius 1 is 1.36 bits per heavy atom. The molecule has 0 saturated carbocycles. The predicted octanol–water partition coefficient (Wildman–Crippen LogP) is 3.07. The molecule has 0 aliphatic carbocycles. The van der Waals surface area contributed by atoms with Crippen LogP contribution in [0.2, 0.25) is 0 Å². The Hall–Kier alpha value is -2.67. The highest BCUT2D eigenvalue weighted by atomic mass is 16.5. The van der Waals surface area contributed by atoms with Crippen LogP contribution in [0.4, 0.5) is 0 Å². The topological polar surface area (TPSA) is 101 Å². The molecule has 7 nitrogen and oxygen atoms in total. The van der Waals surface area contributed by atoms with Gasteiger partial charge in [-0.25, -0.2) is 4.98 Å². The largest absolute Gasteiger partial charge is 0.463 e. The maximum atomic E-state index is 12.8. The molecule has 0 radical (unpaired) electrons. The number of nitrogens with zero attached hydrogens (tertiary/aromatic N) is 2. The van der Waals surface area contributed by atoms with Gasteiger partial charge < -0.3 is 19.4 Å². The van der Waals surface area contributed by atoms with E-state index >= 15 is 0 Å². The molecule has 1 amide bonds. The molecule has 132 valence electrons. The number of furan rings is 1. The number of amides is 1. The van der Waals surface area contributed by atoms with Crippen LogP contribution in [0.15, 0.2) is 33.4 Å². The number of aryl methyl sites for hydroxylation is 1. The molecule has 0 fully saturated rings. The van der Waals surface area contributed by atoms with Crippen LogP contribution in [-0.4, -0.2) is 33.3 Å². The van der Waals surface area contributed by atoms with Crippen LogP contribution >= 0.6 is 0 Å². The average Bonchev–Trinajstić information content (AvgIpc) is 3.29. The Labute approximate surface area is 145 Å². The van der Waals surface area contributed by atoms with Crippen LogP contribution in [0.3, 0.4) is 0 Å². The molecule has 2 N–H and O–H groups in total. The van der Waals surface area contributed by atoms with Crippen molar-refractivity contribution in [2.24, 2.45) is 0 Å². The summed E-state index contributed by atoms with van der Waals surface area (Å²) >= 11 is 0. The molecule has 0 saturated heterocycles. The highest BCUT2D eigenvalue weighted by Crippen LogP contribution is 2.27. The summed E-state index contributed by atoms with van der Waals surface area (Å²) in [6, 6.07) is 5.15. The number of carbonyl (C=O) groups is 1. The standard InChI is InChI=1S/C18H21N3O4/c1-4-18(23,5-2)10-19-16(22)12-9-13(14-7-6-8-24-14)20-17-15(12)11(3)21-25-17/h6-9,23H,4-5,10H2,1-3H3,(H,19,22). The lowest BCUT2D eigenvalue weighted by molar-refractivity contribution is 0.0314. The summed E-state index contributed by atoms with van der Waals surface area (Å²) in [5.74, 6) is 0.218. The number of pyridine rings is 1. The van der Waals surface area contributed by atoms with Crippen LogP contribution in [-0.2, 0) is 0 Å². The quantitative estimate of drug-likeness (QED) is 0.713. The Morgan fingerprint density at radius 2 is 2.12 bits per heavy atom. The summed E-state index contributed by atoms with van der Waals surface area (Å²) in [5.41, 5.74) is 0.817. The first kappa shape index (κ1) is 17.2. The number of aliphatic hydroxyl groups is 1. The van der Waals surface area contributed by atoms with E-state index in [4.69, 9.17) is 8.94 Å². The fourth-order valence-corrected chi connectivity index (χ4v) is 2.66. The van der Waals surface area contributed by atoms with Crippen molar-refractivity contribution in [3.05, 3.63) is 35.7 Å². The summed E-state index contributed by atoms with van der Waals surface area (Å²) in [7, 11) is 0. The Kier molecular flexibility index (Phi) is 4.59. The molecule has 0 aliphatic heterocycles. The molecular formula is C18H21N3O4. The van der Waals surface area contributed by atoms with Crippen molar-refractivity contribution in [2.45, 2.75) is 39.2 Å². The van der Waals surface area contributed by atoms with E-state index in [1.54, 1.807) is 25.1 Å². The molecule has 7 heteroatoms. The summed E-state index contributed by atoms with van der Waals surface area (Å²) in [6.45, 7) is 5.70. The minimum atomic E-state index is -0.921. The minimum Gasteiger partial charge on any atom is -0.463 e. The number of nitrogens with one attached hydrogen (secondary N) is 1. The fraction of sp³-hybridized carbons (Fsp3) is 0.389. The van der Waals surface area contributed by atoms with Gasteiger partial charge in [0.15, 0.2) is 5.76 Å². The molecule has 0 aliphatic rings. The van der Waals surface area contributed by atoms with E-state index in [0.29, 0.717) is 40.9 Å². The second-order valence-corrected chi connectivity index (χ2v) is 6.09. The van der Waals surface area contributed by atoms with Gasteiger partial charge in [-0.1, -0.05) is 19.0 Å². The smallest absolute Gasteiger partial charge is 0.259 e. The van der Waals surface area contributed by atoms with Gasteiger partial charge in [-0.2, -0.15) is 0 Å². The van der Waals surface area contributed by atoms with Crippen molar-refractivity contribution in [1.29, 1.82) is 0 Å². The fourth-order valence-electron chi connectivity index (χ4n) is 2.66. The normalized spacial score (nSPS) is 11.8. The third kappa shape index (κ3) is 3.28. The second-order valence-electron chi connectivity index (χ2n) is 6.09. The van der Waals surface area contributed by atoms with Crippen molar-refractivity contribution in [3.8, 4) is 11.5 Å². The van der Waals surface area contributed by atoms with Gasteiger partial charge in [0.05, 0.1) is 28.5 Å². The van der Waals surface area contributed by atoms with E-state index < -0.39 is 5.60 Å². The molecule has 0 unspecified atom stereocenters. The molecule has 0 spiro atoms. The Bertz CT molecular complexity index is 879. The second kappa shape index (κ2) is 6.68. The van der Waals surface area contributed by atoms with Gasteiger partial charge >= 0.3 is 0 Å². The van der Waals surface area contributed by atoms with E-state index in [1.165, 1.54) is 6.26 Å². The molecule has 0 atom stereocenters. The zero-order chi connectivity index (χ0) is 18.0. The molecule has 3 aromatic heterocycles. The molecule has 25 heavy (non-hydrogen) atoms. The summed E-state index contributed by atoms with van der Waals surface area (Å²) in [6.07, 6.45) is 2.65. The Balaban J connectivity index is 1.99. The lowest BCUT2D eigenvalue weighted by atomic mass is 9.97. The van der Waals surface area contributed by atoms with Crippen molar-refractivity contribution < 1.29 is 18.8 Å². The SMILES string of the molecule is CCC(O)(CC)CNC(=O)c1cc(-c2ccco2)nc2onc(C)c12. The third-order valence-corrected chi connectivity index (χ3v) is 4.53. The number of aromatic nitrogens is 2. The lowest BCUT2D eigenvalue weighted by Crippen LogP contribution is -2.42. The van der Waals surface area contributed by atoms with Crippen molar-refractivity contribution >= 4 is 17.0 Å². The van der Waals surface area contributed by atoms with Gasteiger partial charge in [0.25, 0.3) is 11.6 Å². The first-order chi connectivity index (χ1) is 12.0. The van der Waals surface area contributed by atoms with Crippen LogP contribution in [0, 0.1) is 6.92 Å². The molecule has 0 aromatic carbocycles. The zero-order valence-corrected chi connectivity index (χ0v) is 14.5. The van der Waals surface area contributed by atoms with Crippen LogP contribution in [0.5, 0.6) is 0 Å². The molecular weight excluding hydrogens is 322 g/mol. The van der Waals surface area contributed by atoms with E-state index in [2.05, 4.69) is 15.5 Å². The van der Waals surface area contributed by atoms with E-state index in [-0.39, 0.29) is 18.2 Å². The first-order valence-electron chi connectivity index (χ1n) is 8.29. The van der Waals surface area contributed by atoms with Crippen LogP contribution in [0.25, 0.3) is 22.6 Å². The Morgan fingerprint density at radius 3 is 2.76 bits per heavy atom. The maximum absolute atomic E-state index is 12.8. The van der Waals surface area contributed by atoms with Crippen LogP contribution < -0.4 is 5.32 Å². The number of fused-ring (bicyclic) bond motifs is 1. The van der Waals surface area contributed by atoms with Gasteiger partial charge in [0, 0.05) is 6.54 Å². The van der Waals surface area contributed by atoms with Crippen molar-refractivity contribution in [3.63, 3.8) is 0 Å². The van der Waals surface area contributed by atoms with Gasteiger partial charge in [0.1, 0.15) is 5.69 Å². The summed E-state index contributed by atoms with van der Waals surface area (Å²) < 4.78 is 10.6. The van der Waals surface area contributed by atoms with Gasteiger partial charge in [-0.15, -0.1) is 0 Å². The van der Waals surface area contributed by atoms with E-state index in [1.807, 2.05) is 13.8 Å². The van der Waals surface area contributed by atoms with Gasteiger partial charge in [0.2, 0.25) is 0 Å². The molecule has 3 aromatic rings. The third-order valence-electron chi connectivity index (χ3n) is 4.53. The number of hydrogen-bond donors (Lipinski definition) is 2. The number of carbonyl (C=O) groups excluding carboxylic acids is 1.